The van der Waals surface area contributed by atoms with Crippen LogP contribution < -0.4 is 5.73 Å². The van der Waals surface area contributed by atoms with E-state index in [9.17, 15) is 0 Å². The zero-order valence-electron chi connectivity index (χ0n) is 12.3. The van der Waals surface area contributed by atoms with Gasteiger partial charge in [0.2, 0.25) is 0 Å². The maximum absolute atomic E-state index is 7.53. The summed E-state index contributed by atoms with van der Waals surface area (Å²) in [7, 11) is 0. The Morgan fingerprint density at radius 2 is 1.67 bits per heavy atom. The molecule has 0 aromatic heterocycles. The van der Waals surface area contributed by atoms with E-state index in [4.69, 9.17) is 11.1 Å². The van der Waals surface area contributed by atoms with Crippen LogP contribution in [0.5, 0.6) is 0 Å². The average molecular weight is 254 g/mol. The van der Waals surface area contributed by atoms with Crippen molar-refractivity contribution in [3.63, 3.8) is 0 Å². The maximum Gasteiger partial charge on any atom is 0.0963 e. The average Bonchev–Trinajstić information content (AvgIpc) is 2.35. The van der Waals surface area contributed by atoms with Gasteiger partial charge >= 0.3 is 0 Å². The Labute approximate surface area is 112 Å². The lowest BCUT2D eigenvalue weighted by molar-refractivity contribution is 0.135. The van der Waals surface area contributed by atoms with E-state index in [1.54, 1.807) is 0 Å². The Kier molecular flexibility index (Phi) is 6.09. The van der Waals surface area contributed by atoms with Gasteiger partial charge in [-0.15, -0.1) is 0 Å². The molecule has 0 unspecified atom stereocenters. The molecule has 0 spiro atoms. The third-order valence-electron chi connectivity index (χ3n) is 4.17. The molecule has 1 aliphatic heterocycles. The van der Waals surface area contributed by atoms with Crippen LogP contribution >= 0.6 is 0 Å². The molecule has 0 atom stereocenters. The molecule has 0 aliphatic carbocycles. The highest BCUT2D eigenvalue weighted by atomic mass is 15.3. The summed E-state index contributed by atoms with van der Waals surface area (Å²) in [6.45, 7) is 13.6. The molecule has 18 heavy (non-hydrogen) atoms. The van der Waals surface area contributed by atoms with Crippen molar-refractivity contribution in [2.24, 2.45) is 11.1 Å². The molecule has 3 N–H and O–H groups in total. The molecule has 0 aromatic carbocycles. The van der Waals surface area contributed by atoms with Gasteiger partial charge in [0, 0.05) is 31.6 Å². The van der Waals surface area contributed by atoms with Crippen molar-refractivity contribution in [2.75, 3.05) is 39.3 Å². The number of amidine groups is 1. The van der Waals surface area contributed by atoms with Gasteiger partial charge in [0.15, 0.2) is 0 Å². The van der Waals surface area contributed by atoms with Crippen LogP contribution in [0.25, 0.3) is 0 Å². The number of piperazine rings is 1. The molecule has 0 radical (unpaired) electrons. The number of rotatable bonds is 7. The van der Waals surface area contributed by atoms with Crippen LogP contribution in [0.3, 0.4) is 0 Å². The quantitative estimate of drug-likeness (QED) is 0.413. The number of nitrogens with zero attached hydrogens (tertiary/aromatic N) is 2. The Hall–Kier alpha value is -0.610. The number of hydrogen-bond donors (Lipinski definition) is 2. The van der Waals surface area contributed by atoms with E-state index in [1.165, 1.54) is 52.1 Å². The van der Waals surface area contributed by atoms with E-state index in [2.05, 4.69) is 30.6 Å². The summed E-state index contributed by atoms with van der Waals surface area (Å²) in [5.74, 6) is 0.319. The molecule has 0 bridgehead atoms. The summed E-state index contributed by atoms with van der Waals surface area (Å²) >= 11 is 0. The van der Waals surface area contributed by atoms with E-state index in [1.807, 2.05) is 0 Å². The highest BCUT2D eigenvalue weighted by Crippen LogP contribution is 2.22. The molecule has 4 nitrogen and oxygen atoms in total. The summed E-state index contributed by atoms with van der Waals surface area (Å²) in [4.78, 5) is 5.07. The highest BCUT2D eigenvalue weighted by molar-refractivity contribution is 5.82. The van der Waals surface area contributed by atoms with Crippen LogP contribution in [0.4, 0.5) is 0 Å². The third kappa shape index (κ3) is 4.94. The van der Waals surface area contributed by atoms with Gasteiger partial charge < -0.3 is 15.5 Å². The van der Waals surface area contributed by atoms with Gasteiger partial charge in [-0.05, 0) is 25.9 Å². The van der Waals surface area contributed by atoms with E-state index < -0.39 is 0 Å². The minimum atomic E-state index is -0.124. The topological polar surface area (TPSA) is 56.4 Å². The van der Waals surface area contributed by atoms with Gasteiger partial charge in [0.05, 0.1) is 5.84 Å². The molecule has 0 saturated carbocycles. The van der Waals surface area contributed by atoms with Gasteiger partial charge in [-0.2, -0.15) is 0 Å². The van der Waals surface area contributed by atoms with Crippen LogP contribution in [-0.4, -0.2) is 54.9 Å². The SMILES string of the molecule is CCN1CCN(CCCCC(C)(C)C(=N)N)CC1. The van der Waals surface area contributed by atoms with Gasteiger partial charge in [-0.1, -0.05) is 27.2 Å². The first kappa shape index (κ1) is 15.4. The van der Waals surface area contributed by atoms with Gasteiger partial charge in [-0.3, -0.25) is 5.41 Å². The van der Waals surface area contributed by atoms with Crippen LogP contribution in [0.2, 0.25) is 0 Å². The van der Waals surface area contributed by atoms with E-state index in [0.717, 1.165) is 6.42 Å². The van der Waals surface area contributed by atoms with Crippen molar-refractivity contribution in [3.05, 3.63) is 0 Å². The monoisotopic (exact) mass is 254 g/mol. The number of nitrogens with one attached hydrogen (secondary N) is 1. The predicted molar refractivity (Wildman–Crippen MR) is 78.1 cm³/mol. The van der Waals surface area contributed by atoms with Crippen molar-refractivity contribution < 1.29 is 0 Å². The molecule has 1 aliphatic rings. The predicted octanol–water partition coefficient (Wildman–Crippen LogP) is 1.76. The summed E-state index contributed by atoms with van der Waals surface area (Å²) in [5, 5.41) is 7.53. The Morgan fingerprint density at radius 3 is 2.17 bits per heavy atom. The smallest absolute Gasteiger partial charge is 0.0963 e. The van der Waals surface area contributed by atoms with Crippen molar-refractivity contribution in [1.82, 2.24) is 9.80 Å². The number of nitrogens with two attached hydrogens (primary N) is 1. The largest absolute Gasteiger partial charge is 0.387 e. The minimum Gasteiger partial charge on any atom is -0.387 e. The second-order valence-corrected chi connectivity index (χ2v) is 6.03. The lowest BCUT2D eigenvalue weighted by atomic mass is 9.86. The zero-order chi connectivity index (χ0) is 13.6. The highest BCUT2D eigenvalue weighted by Gasteiger charge is 2.21. The van der Waals surface area contributed by atoms with Crippen LogP contribution in [0, 0.1) is 10.8 Å². The standard InChI is InChI=1S/C14H30N4/c1-4-17-9-11-18(12-10-17)8-6-5-7-14(2,3)13(15)16/h4-12H2,1-3H3,(H3,15,16). The van der Waals surface area contributed by atoms with Crippen LogP contribution in [0.1, 0.15) is 40.0 Å². The fourth-order valence-electron chi connectivity index (χ4n) is 2.37. The molecule has 1 saturated heterocycles. The Morgan fingerprint density at radius 1 is 1.11 bits per heavy atom. The fourth-order valence-corrected chi connectivity index (χ4v) is 2.37. The van der Waals surface area contributed by atoms with Gasteiger partial charge in [0.25, 0.3) is 0 Å². The van der Waals surface area contributed by atoms with Gasteiger partial charge in [-0.25, -0.2) is 0 Å². The second-order valence-electron chi connectivity index (χ2n) is 6.03. The number of unbranched alkanes of at least 4 members (excludes halogenated alkanes) is 1. The molecular weight excluding hydrogens is 224 g/mol. The van der Waals surface area contributed by atoms with E-state index >= 15 is 0 Å². The second kappa shape index (κ2) is 7.10. The number of likely N-dealkylation sites (N-methyl/N-ethyl adjacent to an activating group) is 1. The van der Waals surface area contributed by atoms with Crippen molar-refractivity contribution >= 4 is 5.84 Å². The maximum atomic E-state index is 7.53. The normalized spacial score (nSPS) is 19.1. The van der Waals surface area contributed by atoms with E-state index in [-0.39, 0.29) is 5.41 Å². The van der Waals surface area contributed by atoms with Crippen molar-refractivity contribution in [1.29, 1.82) is 5.41 Å². The Balaban J connectivity index is 2.10. The minimum absolute atomic E-state index is 0.124. The summed E-state index contributed by atoms with van der Waals surface area (Å²) in [6.07, 6.45) is 3.42. The molecule has 1 fully saturated rings. The van der Waals surface area contributed by atoms with E-state index in [0.29, 0.717) is 5.84 Å². The molecule has 0 amide bonds. The molecule has 106 valence electrons. The lowest BCUT2D eigenvalue weighted by Crippen LogP contribution is -2.46. The first-order valence-corrected chi connectivity index (χ1v) is 7.25. The van der Waals surface area contributed by atoms with Crippen LogP contribution in [-0.2, 0) is 0 Å². The summed E-state index contributed by atoms with van der Waals surface area (Å²) < 4.78 is 0. The molecule has 0 aromatic rings. The molecular formula is C14H30N4. The van der Waals surface area contributed by atoms with Gasteiger partial charge in [0.1, 0.15) is 0 Å². The number of hydrogen-bond acceptors (Lipinski definition) is 3. The molecule has 1 rings (SSSR count). The van der Waals surface area contributed by atoms with Crippen molar-refractivity contribution in [2.45, 2.75) is 40.0 Å². The summed E-state index contributed by atoms with van der Waals surface area (Å²) in [5.41, 5.74) is 5.47. The molecule has 1 heterocycles. The first-order valence-electron chi connectivity index (χ1n) is 7.25. The van der Waals surface area contributed by atoms with Crippen LogP contribution in [0.15, 0.2) is 0 Å². The third-order valence-corrected chi connectivity index (χ3v) is 4.17. The fraction of sp³-hybridized carbons (Fsp3) is 0.929. The Bertz CT molecular complexity index is 255. The molecule has 4 heteroatoms. The lowest BCUT2D eigenvalue weighted by Gasteiger charge is -2.34. The first-order chi connectivity index (χ1) is 8.45. The van der Waals surface area contributed by atoms with Crippen molar-refractivity contribution in [3.8, 4) is 0 Å². The zero-order valence-corrected chi connectivity index (χ0v) is 12.3. The summed E-state index contributed by atoms with van der Waals surface area (Å²) in [6, 6.07) is 0.